The summed E-state index contributed by atoms with van der Waals surface area (Å²) in [6, 6.07) is 10.7. The highest BCUT2D eigenvalue weighted by molar-refractivity contribution is 6.30. The number of hydrogen-bond donors (Lipinski definition) is 1. The molecule has 1 heterocycles. The molecule has 0 aromatic heterocycles. The molecule has 2 rings (SSSR count). The van der Waals surface area contributed by atoms with Crippen LogP contribution in [-0.2, 0) is 19.1 Å². The lowest BCUT2D eigenvalue weighted by Gasteiger charge is -2.30. The molecule has 0 saturated carbocycles. The van der Waals surface area contributed by atoms with Crippen LogP contribution in [0.3, 0.4) is 0 Å². The minimum Gasteiger partial charge on any atom is -0.461 e. The van der Waals surface area contributed by atoms with Crippen molar-refractivity contribution in [2.75, 3.05) is 13.2 Å². The van der Waals surface area contributed by atoms with Gasteiger partial charge in [-0.05, 0) is 31.5 Å². The zero-order valence-corrected chi connectivity index (χ0v) is 16.9. The monoisotopic (exact) mass is 413 g/mol. The highest BCUT2D eigenvalue weighted by Crippen LogP contribution is 2.39. The van der Waals surface area contributed by atoms with E-state index in [0.29, 0.717) is 22.0 Å². The number of rotatable bonds is 7. The summed E-state index contributed by atoms with van der Waals surface area (Å²) < 4.78 is 10.5. The van der Waals surface area contributed by atoms with Gasteiger partial charge in [0.25, 0.3) is 0 Å². The van der Waals surface area contributed by atoms with Gasteiger partial charge in [-0.2, -0.15) is 10.5 Å². The lowest BCUT2D eigenvalue weighted by molar-refractivity contribution is -0.139. The third-order valence-electron chi connectivity index (χ3n) is 4.28. The molecule has 0 spiro atoms. The number of benzene rings is 1. The Morgan fingerprint density at radius 2 is 1.55 bits per heavy atom. The number of halogens is 1. The molecule has 1 aliphatic heterocycles. The van der Waals surface area contributed by atoms with Crippen molar-refractivity contribution in [1.82, 2.24) is 5.32 Å². The van der Waals surface area contributed by atoms with Gasteiger partial charge in [0.05, 0.1) is 42.0 Å². The SMILES string of the molecule is CC1=C(C(=O)OCCC#N)C(c2cccc(Cl)c2)C(C(=O)OCCC#N)=C(C)N1. The lowest BCUT2D eigenvalue weighted by Crippen LogP contribution is -2.32. The smallest absolute Gasteiger partial charge is 0.336 e. The molecule has 1 aliphatic rings. The molecule has 1 aromatic carbocycles. The fraction of sp³-hybridized carbons (Fsp3) is 0.333. The third-order valence-corrected chi connectivity index (χ3v) is 4.51. The van der Waals surface area contributed by atoms with E-state index < -0.39 is 17.9 Å². The summed E-state index contributed by atoms with van der Waals surface area (Å²) in [6.45, 7) is 3.30. The normalized spacial score (nSPS) is 14.0. The standard InChI is InChI=1S/C21H20ClN3O4/c1-13-17(20(26)28-10-4-8-23)19(15-6-3-7-16(22)12-15)18(14(2)25-13)21(27)29-11-5-9-24/h3,6-7,12,19,25H,4-5,10-11H2,1-2H3. The quantitative estimate of drug-likeness (QED) is 0.537. The van der Waals surface area contributed by atoms with Crippen LogP contribution >= 0.6 is 11.6 Å². The summed E-state index contributed by atoms with van der Waals surface area (Å²) >= 11 is 6.14. The highest BCUT2D eigenvalue weighted by atomic mass is 35.5. The van der Waals surface area contributed by atoms with Crippen LogP contribution in [0.15, 0.2) is 46.8 Å². The van der Waals surface area contributed by atoms with Crippen LogP contribution in [-0.4, -0.2) is 25.2 Å². The van der Waals surface area contributed by atoms with E-state index in [1.807, 2.05) is 12.1 Å². The Balaban J connectivity index is 2.50. The molecule has 7 nitrogen and oxygen atoms in total. The van der Waals surface area contributed by atoms with Crippen LogP contribution in [0, 0.1) is 22.7 Å². The van der Waals surface area contributed by atoms with Gasteiger partial charge in [0.15, 0.2) is 0 Å². The predicted octanol–water partition coefficient (Wildman–Crippen LogP) is 3.49. The number of ether oxygens (including phenoxy) is 2. The molecule has 0 fully saturated rings. The van der Waals surface area contributed by atoms with Gasteiger partial charge in [-0.25, -0.2) is 9.59 Å². The van der Waals surface area contributed by atoms with Gasteiger partial charge in [-0.3, -0.25) is 0 Å². The Kier molecular flexibility index (Phi) is 7.82. The predicted molar refractivity (Wildman–Crippen MR) is 105 cm³/mol. The largest absolute Gasteiger partial charge is 0.461 e. The molecular formula is C21H20ClN3O4. The molecule has 1 N–H and O–H groups in total. The molecule has 29 heavy (non-hydrogen) atoms. The number of nitrogens with zero attached hydrogens (tertiary/aromatic N) is 2. The first-order valence-corrected chi connectivity index (χ1v) is 9.30. The lowest BCUT2D eigenvalue weighted by atomic mass is 9.80. The van der Waals surface area contributed by atoms with Gasteiger partial charge in [-0.1, -0.05) is 23.7 Å². The van der Waals surface area contributed by atoms with Crippen LogP contribution in [0.4, 0.5) is 0 Å². The molecule has 0 bridgehead atoms. The van der Waals surface area contributed by atoms with Gasteiger partial charge < -0.3 is 14.8 Å². The van der Waals surface area contributed by atoms with Crippen molar-refractivity contribution in [2.45, 2.75) is 32.6 Å². The van der Waals surface area contributed by atoms with Gasteiger partial charge in [0.1, 0.15) is 13.2 Å². The number of nitriles is 2. The maximum atomic E-state index is 12.8. The van der Waals surface area contributed by atoms with Crippen molar-refractivity contribution in [3.05, 3.63) is 57.4 Å². The Morgan fingerprint density at radius 3 is 2.00 bits per heavy atom. The van der Waals surface area contributed by atoms with Crippen LogP contribution in [0.5, 0.6) is 0 Å². The number of carbonyl (C=O) groups is 2. The molecule has 0 amide bonds. The van der Waals surface area contributed by atoms with Crippen molar-refractivity contribution in [2.24, 2.45) is 0 Å². The third kappa shape index (κ3) is 5.37. The highest BCUT2D eigenvalue weighted by Gasteiger charge is 2.38. The number of dihydropyridines is 1. The first kappa shape index (κ1) is 22.0. The molecule has 0 saturated heterocycles. The van der Waals surface area contributed by atoms with E-state index >= 15 is 0 Å². The molecule has 8 heteroatoms. The minimum absolute atomic E-state index is 0.0565. The molecule has 0 atom stereocenters. The molecule has 0 aliphatic carbocycles. The van der Waals surface area contributed by atoms with Crippen molar-refractivity contribution in [3.8, 4) is 12.1 Å². The van der Waals surface area contributed by atoms with Crippen molar-refractivity contribution < 1.29 is 19.1 Å². The van der Waals surface area contributed by atoms with Crippen molar-refractivity contribution in [1.29, 1.82) is 10.5 Å². The number of carbonyl (C=O) groups excluding carboxylic acids is 2. The average molecular weight is 414 g/mol. The molecule has 1 aromatic rings. The van der Waals surface area contributed by atoms with E-state index in [0.717, 1.165) is 0 Å². The fourth-order valence-electron chi connectivity index (χ4n) is 3.09. The van der Waals surface area contributed by atoms with Crippen LogP contribution in [0.2, 0.25) is 5.02 Å². The summed E-state index contributed by atoms with van der Waals surface area (Å²) in [5, 5.41) is 20.8. The van der Waals surface area contributed by atoms with Crippen molar-refractivity contribution >= 4 is 23.5 Å². The first-order chi connectivity index (χ1) is 13.9. The molecular weight excluding hydrogens is 394 g/mol. The Bertz CT molecular complexity index is 899. The summed E-state index contributed by atoms with van der Waals surface area (Å²) in [5.74, 6) is -2.03. The van der Waals surface area contributed by atoms with Gasteiger partial charge >= 0.3 is 11.9 Å². The number of hydrogen-bond acceptors (Lipinski definition) is 7. The zero-order chi connectivity index (χ0) is 21.4. The van der Waals surface area contributed by atoms with E-state index in [-0.39, 0.29) is 37.2 Å². The summed E-state index contributed by atoms with van der Waals surface area (Å²) in [6.07, 6.45) is 0.122. The van der Waals surface area contributed by atoms with E-state index in [1.165, 1.54) is 0 Å². The molecule has 0 radical (unpaired) electrons. The van der Waals surface area contributed by atoms with Gasteiger partial charge in [-0.15, -0.1) is 0 Å². The Hall–Kier alpha value is -3.29. The van der Waals surface area contributed by atoms with Gasteiger partial charge in [0.2, 0.25) is 0 Å². The number of nitrogens with one attached hydrogen (secondary N) is 1. The molecule has 0 unspecified atom stereocenters. The second kappa shape index (κ2) is 10.3. The topological polar surface area (TPSA) is 112 Å². The van der Waals surface area contributed by atoms with E-state index in [4.69, 9.17) is 31.6 Å². The van der Waals surface area contributed by atoms with Crippen molar-refractivity contribution in [3.63, 3.8) is 0 Å². The van der Waals surface area contributed by atoms with E-state index in [1.54, 1.807) is 38.1 Å². The van der Waals surface area contributed by atoms with Crippen LogP contribution in [0.25, 0.3) is 0 Å². The number of allylic oxidation sites excluding steroid dienone is 2. The first-order valence-electron chi connectivity index (χ1n) is 8.92. The maximum Gasteiger partial charge on any atom is 0.336 e. The Labute approximate surface area is 174 Å². The summed E-state index contributed by atoms with van der Waals surface area (Å²) in [4.78, 5) is 25.6. The van der Waals surface area contributed by atoms with Crippen LogP contribution < -0.4 is 5.32 Å². The van der Waals surface area contributed by atoms with Crippen LogP contribution in [0.1, 0.15) is 38.2 Å². The van der Waals surface area contributed by atoms with Gasteiger partial charge in [0, 0.05) is 16.4 Å². The average Bonchev–Trinajstić information content (AvgIpc) is 2.67. The zero-order valence-electron chi connectivity index (χ0n) is 16.1. The Morgan fingerprint density at radius 1 is 1.03 bits per heavy atom. The summed E-state index contributed by atoms with van der Waals surface area (Å²) in [5.41, 5.74) is 2.16. The minimum atomic E-state index is -0.765. The molecule has 150 valence electrons. The maximum absolute atomic E-state index is 12.8. The number of esters is 2. The fourth-order valence-corrected chi connectivity index (χ4v) is 3.29. The van der Waals surface area contributed by atoms with E-state index in [2.05, 4.69) is 5.32 Å². The van der Waals surface area contributed by atoms with E-state index in [9.17, 15) is 9.59 Å². The summed E-state index contributed by atoms with van der Waals surface area (Å²) in [7, 11) is 0. The second-order valence-electron chi connectivity index (χ2n) is 6.28. The second-order valence-corrected chi connectivity index (χ2v) is 6.71.